The van der Waals surface area contributed by atoms with Gasteiger partial charge in [0.25, 0.3) is 0 Å². The van der Waals surface area contributed by atoms with Crippen molar-refractivity contribution in [3.8, 4) is 0 Å². The van der Waals surface area contributed by atoms with Crippen LogP contribution in [-0.2, 0) is 6.42 Å². The molecule has 19 heavy (non-hydrogen) atoms. The number of benzene rings is 2. The van der Waals surface area contributed by atoms with Gasteiger partial charge in [-0.3, -0.25) is 0 Å². The molecule has 100 valence electrons. The number of hydrogen-bond donors (Lipinski definition) is 1. The number of rotatable bonds is 3. The molecule has 0 aliphatic carbocycles. The zero-order chi connectivity index (χ0) is 14.0. The van der Waals surface area contributed by atoms with Gasteiger partial charge in [0.15, 0.2) is 0 Å². The molecular weight excluding hydrogens is 331 g/mol. The van der Waals surface area contributed by atoms with Gasteiger partial charge in [0.2, 0.25) is 0 Å². The third kappa shape index (κ3) is 3.56. The van der Waals surface area contributed by atoms with Crippen molar-refractivity contribution in [3.05, 3.63) is 68.4 Å². The summed E-state index contributed by atoms with van der Waals surface area (Å²) in [5.41, 5.74) is 2.44. The second kappa shape index (κ2) is 6.04. The highest BCUT2D eigenvalue weighted by atomic mass is 79.9. The average molecular weight is 344 g/mol. The van der Waals surface area contributed by atoms with Crippen LogP contribution in [0.25, 0.3) is 0 Å². The Morgan fingerprint density at radius 2 is 2.00 bits per heavy atom. The minimum absolute atomic E-state index is 0.289. The summed E-state index contributed by atoms with van der Waals surface area (Å²) in [7, 11) is 0. The number of aliphatic hydroxyl groups is 1. The van der Waals surface area contributed by atoms with Gasteiger partial charge in [-0.1, -0.05) is 39.7 Å². The Labute approximate surface area is 125 Å². The molecular formula is C15H13BrClFO. The van der Waals surface area contributed by atoms with Crippen LogP contribution in [0.15, 0.2) is 40.9 Å². The maximum atomic E-state index is 13.2. The summed E-state index contributed by atoms with van der Waals surface area (Å²) >= 11 is 9.41. The average Bonchev–Trinajstić information content (AvgIpc) is 2.37. The molecule has 0 spiro atoms. The van der Waals surface area contributed by atoms with E-state index in [2.05, 4.69) is 15.9 Å². The first kappa shape index (κ1) is 14.5. The minimum Gasteiger partial charge on any atom is -0.388 e. The van der Waals surface area contributed by atoms with Crippen LogP contribution >= 0.6 is 27.5 Å². The smallest absolute Gasteiger partial charge is 0.123 e. The van der Waals surface area contributed by atoms with Crippen LogP contribution in [0.5, 0.6) is 0 Å². The molecule has 2 aromatic carbocycles. The zero-order valence-corrected chi connectivity index (χ0v) is 12.7. The molecule has 0 aliphatic rings. The van der Waals surface area contributed by atoms with Crippen LogP contribution < -0.4 is 0 Å². The lowest BCUT2D eigenvalue weighted by molar-refractivity contribution is 0.178. The Bertz CT molecular complexity index is 601. The third-order valence-corrected chi connectivity index (χ3v) is 4.25. The van der Waals surface area contributed by atoms with Crippen molar-refractivity contribution in [2.75, 3.05) is 0 Å². The van der Waals surface area contributed by atoms with Crippen LogP contribution in [0, 0.1) is 12.7 Å². The molecule has 2 rings (SSSR count). The zero-order valence-electron chi connectivity index (χ0n) is 10.3. The normalized spacial score (nSPS) is 12.5. The number of halogens is 3. The van der Waals surface area contributed by atoms with Gasteiger partial charge in [-0.05, 0) is 47.9 Å². The molecule has 0 heterocycles. The second-order valence-corrected chi connectivity index (χ2v) is 5.73. The van der Waals surface area contributed by atoms with Crippen molar-refractivity contribution < 1.29 is 9.50 Å². The molecule has 1 atom stereocenters. The predicted octanol–water partition coefficient (Wildman–Crippen LogP) is 4.83. The van der Waals surface area contributed by atoms with Crippen molar-refractivity contribution in [1.29, 1.82) is 0 Å². The Morgan fingerprint density at radius 1 is 1.26 bits per heavy atom. The fourth-order valence-electron chi connectivity index (χ4n) is 1.90. The van der Waals surface area contributed by atoms with E-state index in [1.165, 1.54) is 18.2 Å². The molecule has 0 saturated heterocycles. The largest absolute Gasteiger partial charge is 0.388 e. The maximum Gasteiger partial charge on any atom is 0.123 e. The Hall–Kier alpha value is -0.900. The van der Waals surface area contributed by atoms with E-state index >= 15 is 0 Å². The summed E-state index contributed by atoms with van der Waals surface area (Å²) in [4.78, 5) is 0. The van der Waals surface area contributed by atoms with E-state index in [0.29, 0.717) is 10.6 Å². The van der Waals surface area contributed by atoms with Gasteiger partial charge in [-0.15, -0.1) is 0 Å². The van der Waals surface area contributed by atoms with Crippen LogP contribution in [-0.4, -0.2) is 5.11 Å². The van der Waals surface area contributed by atoms with E-state index < -0.39 is 6.10 Å². The number of aliphatic hydroxyl groups excluding tert-OH is 1. The first-order chi connectivity index (χ1) is 8.97. The van der Waals surface area contributed by atoms with Crippen molar-refractivity contribution in [3.63, 3.8) is 0 Å². The van der Waals surface area contributed by atoms with Gasteiger partial charge < -0.3 is 5.11 Å². The lowest BCUT2D eigenvalue weighted by atomic mass is 10.00. The van der Waals surface area contributed by atoms with E-state index in [9.17, 15) is 9.50 Å². The second-order valence-electron chi connectivity index (χ2n) is 4.46. The summed E-state index contributed by atoms with van der Waals surface area (Å²) in [5.74, 6) is -0.349. The molecule has 2 aromatic rings. The fourth-order valence-corrected chi connectivity index (χ4v) is 2.34. The minimum atomic E-state index is -0.703. The molecule has 0 aromatic heterocycles. The van der Waals surface area contributed by atoms with Gasteiger partial charge in [-0.25, -0.2) is 4.39 Å². The van der Waals surface area contributed by atoms with Crippen molar-refractivity contribution in [1.82, 2.24) is 0 Å². The van der Waals surface area contributed by atoms with Crippen molar-refractivity contribution in [2.45, 2.75) is 19.4 Å². The van der Waals surface area contributed by atoms with Gasteiger partial charge >= 0.3 is 0 Å². The summed E-state index contributed by atoms with van der Waals surface area (Å²) in [6.07, 6.45) is -0.413. The fraction of sp³-hybridized carbons (Fsp3) is 0.200. The number of aryl methyl sites for hydroxylation is 1. The van der Waals surface area contributed by atoms with E-state index in [1.807, 2.05) is 25.1 Å². The first-order valence-corrected chi connectivity index (χ1v) is 7.02. The third-order valence-electron chi connectivity index (χ3n) is 2.99. The molecule has 1 N–H and O–H groups in total. The summed E-state index contributed by atoms with van der Waals surface area (Å²) in [6.45, 7) is 1.95. The highest BCUT2D eigenvalue weighted by Crippen LogP contribution is 2.26. The molecule has 0 saturated carbocycles. The summed E-state index contributed by atoms with van der Waals surface area (Å²) < 4.78 is 14.2. The summed E-state index contributed by atoms with van der Waals surface area (Å²) in [5, 5.41) is 10.7. The monoisotopic (exact) mass is 342 g/mol. The SMILES string of the molecule is Cc1cc(C(O)Cc2cc(F)ccc2Cl)ccc1Br. The van der Waals surface area contributed by atoms with E-state index in [0.717, 1.165) is 15.6 Å². The van der Waals surface area contributed by atoms with Crippen LogP contribution in [0.2, 0.25) is 5.02 Å². The molecule has 1 unspecified atom stereocenters. The lowest BCUT2D eigenvalue weighted by Gasteiger charge is -2.13. The molecule has 0 fully saturated rings. The van der Waals surface area contributed by atoms with Gasteiger partial charge in [0, 0.05) is 15.9 Å². The Balaban J connectivity index is 2.22. The number of hydrogen-bond acceptors (Lipinski definition) is 1. The molecule has 4 heteroatoms. The molecule has 0 radical (unpaired) electrons. The highest BCUT2D eigenvalue weighted by molar-refractivity contribution is 9.10. The Morgan fingerprint density at radius 3 is 2.68 bits per heavy atom. The topological polar surface area (TPSA) is 20.2 Å². The van der Waals surface area contributed by atoms with Crippen LogP contribution in [0.1, 0.15) is 22.8 Å². The molecule has 1 nitrogen and oxygen atoms in total. The highest BCUT2D eigenvalue weighted by Gasteiger charge is 2.12. The lowest BCUT2D eigenvalue weighted by Crippen LogP contribution is -2.03. The van der Waals surface area contributed by atoms with Gasteiger partial charge in [0.1, 0.15) is 5.82 Å². The van der Waals surface area contributed by atoms with Gasteiger partial charge in [-0.2, -0.15) is 0 Å². The summed E-state index contributed by atoms with van der Waals surface area (Å²) in [6, 6.07) is 9.81. The van der Waals surface area contributed by atoms with E-state index in [4.69, 9.17) is 11.6 Å². The molecule has 0 bridgehead atoms. The van der Waals surface area contributed by atoms with Gasteiger partial charge in [0.05, 0.1) is 6.10 Å². The predicted molar refractivity (Wildman–Crippen MR) is 79.0 cm³/mol. The Kier molecular flexibility index (Phi) is 4.61. The quantitative estimate of drug-likeness (QED) is 0.846. The standard InChI is InChI=1S/C15H13BrClFO/c1-9-6-10(2-4-13(9)16)15(19)8-11-7-12(18)3-5-14(11)17/h2-7,15,19H,8H2,1H3. The molecule has 0 aliphatic heterocycles. The van der Waals surface area contributed by atoms with E-state index in [1.54, 1.807) is 0 Å². The van der Waals surface area contributed by atoms with Crippen molar-refractivity contribution in [2.24, 2.45) is 0 Å². The van der Waals surface area contributed by atoms with E-state index in [-0.39, 0.29) is 12.2 Å². The molecule has 0 amide bonds. The van der Waals surface area contributed by atoms with Crippen LogP contribution in [0.4, 0.5) is 4.39 Å². The first-order valence-electron chi connectivity index (χ1n) is 5.85. The maximum absolute atomic E-state index is 13.2. The van der Waals surface area contributed by atoms with Crippen molar-refractivity contribution >= 4 is 27.5 Å². The van der Waals surface area contributed by atoms with Crippen LogP contribution in [0.3, 0.4) is 0 Å².